The van der Waals surface area contributed by atoms with Crippen molar-refractivity contribution >= 4 is 76.9 Å². The first-order valence-electron chi connectivity index (χ1n) is 17.5. The number of fused-ring (bicyclic) bond motifs is 8. The molecule has 0 fully saturated rings. The Morgan fingerprint density at radius 1 is 0.460 bits per heavy atom. The van der Waals surface area contributed by atoms with Crippen molar-refractivity contribution in [3.8, 4) is 11.1 Å². The molecule has 0 aliphatic heterocycles. The zero-order valence-electron chi connectivity index (χ0n) is 27.6. The van der Waals surface area contributed by atoms with Crippen LogP contribution in [0.4, 0.5) is 17.1 Å². The van der Waals surface area contributed by atoms with Crippen LogP contribution in [0.5, 0.6) is 0 Å². The first kappa shape index (κ1) is 28.6. The van der Waals surface area contributed by atoms with Crippen LogP contribution in [0.3, 0.4) is 0 Å². The maximum Gasteiger partial charge on any atom is 0.0779 e. The van der Waals surface area contributed by atoms with Crippen molar-refractivity contribution in [2.24, 2.45) is 0 Å². The van der Waals surface area contributed by atoms with Crippen LogP contribution in [-0.4, -0.2) is 4.57 Å². The van der Waals surface area contributed by atoms with E-state index in [1.54, 1.807) is 0 Å². The van der Waals surface area contributed by atoms with Gasteiger partial charge in [0.1, 0.15) is 0 Å². The second-order valence-electron chi connectivity index (χ2n) is 13.2. The molecule has 50 heavy (non-hydrogen) atoms. The van der Waals surface area contributed by atoms with Crippen LogP contribution >= 0.6 is 0 Å². The van der Waals surface area contributed by atoms with Gasteiger partial charge in [0.2, 0.25) is 0 Å². The zero-order valence-corrected chi connectivity index (χ0v) is 27.6. The fraction of sp³-hybridized carbons (Fsp3) is 0.0417. The van der Waals surface area contributed by atoms with Crippen molar-refractivity contribution in [3.63, 3.8) is 0 Å². The number of benzene rings is 8. The number of aromatic nitrogens is 1. The minimum Gasteiger partial charge on any atom is -0.311 e. The second kappa shape index (κ2) is 11.6. The summed E-state index contributed by atoms with van der Waals surface area (Å²) in [5.74, 6) is 0. The molecule has 236 valence electrons. The van der Waals surface area contributed by atoms with Crippen molar-refractivity contribution in [2.75, 3.05) is 4.90 Å². The van der Waals surface area contributed by atoms with Crippen LogP contribution in [0.25, 0.3) is 70.9 Å². The lowest BCUT2D eigenvalue weighted by Gasteiger charge is -2.29. The molecule has 0 amide bonds. The second-order valence-corrected chi connectivity index (χ2v) is 13.2. The fourth-order valence-electron chi connectivity index (χ4n) is 8.12. The third-order valence-electron chi connectivity index (χ3n) is 10.4. The average molecular weight is 639 g/mol. The number of allylic oxidation sites excluding steroid dienone is 4. The van der Waals surface area contributed by atoms with Gasteiger partial charge in [-0.25, -0.2) is 0 Å². The fourth-order valence-corrected chi connectivity index (χ4v) is 8.12. The molecule has 0 saturated carbocycles. The van der Waals surface area contributed by atoms with E-state index >= 15 is 0 Å². The van der Waals surface area contributed by atoms with Gasteiger partial charge in [-0.05, 0) is 87.3 Å². The van der Waals surface area contributed by atoms with Crippen molar-refractivity contribution in [2.45, 2.75) is 12.8 Å². The maximum atomic E-state index is 2.52. The van der Waals surface area contributed by atoms with Crippen LogP contribution in [0, 0.1) is 0 Å². The molecule has 0 unspecified atom stereocenters. The van der Waals surface area contributed by atoms with E-state index in [1.165, 1.54) is 76.6 Å². The van der Waals surface area contributed by atoms with Gasteiger partial charge in [-0.1, -0.05) is 146 Å². The van der Waals surface area contributed by atoms with Gasteiger partial charge in [0, 0.05) is 27.5 Å². The highest BCUT2D eigenvalue weighted by Gasteiger charge is 2.24. The first-order chi connectivity index (χ1) is 24.8. The van der Waals surface area contributed by atoms with E-state index in [4.69, 9.17) is 0 Å². The van der Waals surface area contributed by atoms with Gasteiger partial charge in [-0.2, -0.15) is 0 Å². The summed E-state index contributed by atoms with van der Waals surface area (Å²) in [4.78, 5) is 2.51. The molecular formula is C48H34N2. The van der Waals surface area contributed by atoms with Gasteiger partial charge in [-0.15, -0.1) is 0 Å². The molecule has 10 rings (SSSR count). The van der Waals surface area contributed by atoms with Crippen LogP contribution in [0.2, 0.25) is 0 Å². The molecule has 2 nitrogen and oxygen atoms in total. The molecule has 0 spiro atoms. The van der Waals surface area contributed by atoms with Gasteiger partial charge in [0.25, 0.3) is 0 Å². The zero-order chi connectivity index (χ0) is 33.0. The van der Waals surface area contributed by atoms with Crippen molar-refractivity contribution < 1.29 is 0 Å². The Hall–Kier alpha value is -6.38. The Bertz CT molecular complexity index is 2800. The topological polar surface area (TPSA) is 8.17 Å². The van der Waals surface area contributed by atoms with E-state index in [0.717, 1.165) is 24.2 Å². The molecule has 8 aromatic carbocycles. The standard InChI is InChI=1S/C48H34N2/c1-3-14-33(15-4-1)34-26-29-37(30-27-34)49(47-32-44-38-19-8-7-16-35(38)28-31-40(44)39-20-9-10-21-41(39)47)46-25-13-23-43-42-22-11-12-24-45(42)50(48(43)46)36-17-5-2-6-18-36/h1-5,7-17,19-32H,6,18H2. The Kier molecular flexibility index (Phi) is 6.67. The average Bonchev–Trinajstić information content (AvgIpc) is 3.54. The number of hydrogen-bond acceptors (Lipinski definition) is 1. The van der Waals surface area contributed by atoms with Gasteiger partial charge < -0.3 is 9.47 Å². The Morgan fingerprint density at radius 2 is 1.14 bits per heavy atom. The number of para-hydroxylation sites is 2. The molecular weight excluding hydrogens is 605 g/mol. The van der Waals surface area contributed by atoms with Crippen LogP contribution in [0.15, 0.2) is 182 Å². The van der Waals surface area contributed by atoms with E-state index in [-0.39, 0.29) is 0 Å². The number of nitrogens with zero attached hydrogens (tertiary/aromatic N) is 2. The first-order valence-corrected chi connectivity index (χ1v) is 17.5. The highest BCUT2D eigenvalue weighted by Crippen LogP contribution is 2.48. The Labute approximate surface area is 291 Å². The highest BCUT2D eigenvalue weighted by molar-refractivity contribution is 6.22. The van der Waals surface area contributed by atoms with E-state index in [1.807, 2.05) is 0 Å². The Balaban J connectivity index is 1.33. The minimum absolute atomic E-state index is 0.995. The lowest BCUT2D eigenvalue weighted by atomic mass is 9.95. The maximum absolute atomic E-state index is 2.52. The molecule has 0 bridgehead atoms. The molecule has 1 aliphatic carbocycles. The normalized spacial score (nSPS) is 13.1. The van der Waals surface area contributed by atoms with Gasteiger partial charge in [0.05, 0.1) is 22.4 Å². The smallest absolute Gasteiger partial charge is 0.0779 e. The number of anilines is 3. The third kappa shape index (κ3) is 4.49. The predicted molar refractivity (Wildman–Crippen MR) is 215 cm³/mol. The van der Waals surface area contributed by atoms with E-state index in [0.29, 0.717) is 0 Å². The number of rotatable bonds is 5. The molecule has 0 atom stereocenters. The van der Waals surface area contributed by atoms with Gasteiger partial charge >= 0.3 is 0 Å². The summed E-state index contributed by atoms with van der Waals surface area (Å²) < 4.78 is 2.52. The molecule has 1 aliphatic rings. The molecule has 9 aromatic rings. The quantitative estimate of drug-likeness (QED) is 0.170. The summed E-state index contributed by atoms with van der Waals surface area (Å²) in [6.07, 6.45) is 8.81. The summed E-state index contributed by atoms with van der Waals surface area (Å²) in [7, 11) is 0. The monoisotopic (exact) mass is 638 g/mol. The third-order valence-corrected chi connectivity index (χ3v) is 10.4. The van der Waals surface area contributed by atoms with Crippen LogP contribution in [0.1, 0.15) is 12.8 Å². The van der Waals surface area contributed by atoms with Gasteiger partial charge in [0.15, 0.2) is 0 Å². The van der Waals surface area contributed by atoms with E-state index in [2.05, 4.69) is 191 Å². The molecule has 0 N–H and O–H groups in total. The lowest BCUT2D eigenvalue weighted by Crippen LogP contribution is -2.13. The molecule has 1 heterocycles. The number of hydrogen-bond donors (Lipinski definition) is 0. The van der Waals surface area contributed by atoms with Gasteiger partial charge in [-0.3, -0.25) is 0 Å². The molecule has 0 saturated heterocycles. The summed E-state index contributed by atoms with van der Waals surface area (Å²) in [6, 6.07) is 60.1. The van der Waals surface area contributed by atoms with Crippen molar-refractivity contribution in [1.82, 2.24) is 4.57 Å². The SMILES string of the molecule is C1=CCCC(n2c3ccccc3c3cccc(N(c4ccc(-c5ccccc5)cc4)c4cc5c6ccccc6ccc5c5ccccc45)c32)=C1. The van der Waals surface area contributed by atoms with Crippen LogP contribution in [-0.2, 0) is 0 Å². The van der Waals surface area contributed by atoms with Crippen molar-refractivity contribution in [1.29, 1.82) is 0 Å². The predicted octanol–water partition coefficient (Wildman–Crippen LogP) is 13.6. The summed E-state index contributed by atoms with van der Waals surface area (Å²) in [6.45, 7) is 0. The molecule has 0 radical (unpaired) electrons. The van der Waals surface area contributed by atoms with E-state index in [9.17, 15) is 0 Å². The van der Waals surface area contributed by atoms with Crippen molar-refractivity contribution in [3.05, 3.63) is 182 Å². The van der Waals surface area contributed by atoms with Crippen LogP contribution < -0.4 is 4.90 Å². The van der Waals surface area contributed by atoms with E-state index < -0.39 is 0 Å². The lowest BCUT2D eigenvalue weighted by molar-refractivity contribution is 0.978. The highest BCUT2D eigenvalue weighted by atomic mass is 15.2. The Morgan fingerprint density at radius 3 is 1.96 bits per heavy atom. The minimum atomic E-state index is 0.995. The summed E-state index contributed by atoms with van der Waals surface area (Å²) in [5, 5.41) is 10.1. The summed E-state index contributed by atoms with van der Waals surface area (Å²) >= 11 is 0. The summed E-state index contributed by atoms with van der Waals surface area (Å²) in [5.41, 5.74) is 9.65. The molecule has 1 aromatic heterocycles. The molecule has 2 heteroatoms. The largest absolute Gasteiger partial charge is 0.311 e.